The van der Waals surface area contributed by atoms with Crippen molar-refractivity contribution in [1.82, 2.24) is 24.8 Å². The summed E-state index contributed by atoms with van der Waals surface area (Å²) in [4.78, 5) is 59.2. The van der Waals surface area contributed by atoms with E-state index in [2.05, 4.69) is 45.0 Å². The molecular formula is C54H60Cl3N9O12S4. The number of aryl methyl sites for hydroxylation is 1. The smallest absolute Gasteiger partial charge is 0.408 e. The molecule has 82 heavy (non-hydrogen) atoms. The van der Waals surface area contributed by atoms with Gasteiger partial charge >= 0.3 is 26.7 Å². The summed E-state index contributed by atoms with van der Waals surface area (Å²) in [5, 5.41) is 50.7. The van der Waals surface area contributed by atoms with Crippen LogP contribution < -0.4 is 20.9 Å². The van der Waals surface area contributed by atoms with Gasteiger partial charge in [-0.1, -0.05) is 67.7 Å². The number of thiophene rings is 2. The molecule has 2 aromatic carbocycles. The van der Waals surface area contributed by atoms with Gasteiger partial charge in [0.25, 0.3) is 0 Å². The third kappa shape index (κ3) is 13.5. The topological polar surface area (TPSA) is 330 Å². The Labute approximate surface area is 497 Å². The van der Waals surface area contributed by atoms with Gasteiger partial charge in [-0.15, -0.1) is 22.7 Å². The standard InChI is InChI=1S/C29H33Cl2N5O7S2.C25H27ClN4O5S2/c1-28(2,3)29(20-9-17(30)5-4-15(20)6-7-36(29)27(39)40)21-11-23(44-25(21)31)24(38)19-12-33-14-34-26(19)35-18-8-16(22(37)10-18)13-43-45(32,41)42;26-17-5-4-14-2-1-3-19(20(14)8-17)16-7-23(36-12-16)24(32)21-10-28-13-29-25(21)30-18-6-15(22(31)9-18)11-35-37(27,33)34/h4-5,9,11-12,14,16,18,22,37H,6-8,10,13H2,1-3H3,(H,39,40)(H2,32,41,42)(H,33,34,35);4-5,7-8,10,12-13,15,18-19,22,31H,1-3,6,9,11H2,(H2,27,33,34)(H,28,29,30)/t16-,18-,22+,29-;15-,18-,19-,22+/m11/s1. The Morgan fingerprint density at radius 1 is 0.756 bits per heavy atom. The van der Waals surface area contributed by atoms with E-state index in [9.17, 15) is 46.5 Å². The number of ketones is 2. The van der Waals surface area contributed by atoms with Crippen LogP contribution in [-0.2, 0) is 47.4 Å². The highest BCUT2D eigenvalue weighted by atomic mass is 35.5. The number of nitrogens with two attached hydrogens (primary N) is 2. The molecule has 28 heteroatoms. The fourth-order valence-corrected chi connectivity index (χ4v) is 15.3. The van der Waals surface area contributed by atoms with Gasteiger partial charge in [0.15, 0.2) is 0 Å². The molecule has 4 aromatic heterocycles. The van der Waals surface area contributed by atoms with Crippen LogP contribution in [0.15, 0.2) is 79.0 Å². The Hall–Kier alpha value is -5.26. The molecule has 2 saturated carbocycles. The summed E-state index contributed by atoms with van der Waals surface area (Å²) in [5.74, 6) is -0.747. The van der Waals surface area contributed by atoms with Crippen LogP contribution in [0, 0.1) is 17.3 Å². The number of benzene rings is 2. The molecule has 6 aromatic rings. The minimum absolute atomic E-state index is 0.146. The molecule has 0 unspecified atom stereocenters. The van der Waals surface area contributed by atoms with E-state index >= 15 is 0 Å². The molecule has 0 spiro atoms. The lowest BCUT2D eigenvalue weighted by molar-refractivity contribution is 0.0199. The molecule has 2 fully saturated rings. The van der Waals surface area contributed by atoms with Crippen molar-refractivity contribution in [3.63, 3.8) is 0 Å². The van der Waals surface area contributed by atoms with E-state index < -0.39 is 67.5 Å². The average molecular weight is 1260 g/mol. The van der Waals surface area contributed by atoms with Crippen LogP contribution >= 0.6 is 57.5 Å². The van der Waals surface area contributed by atoms with E-state index in [0.717, 1.165) is 41.7 Å². The zero-order chi connectivity index (χ0) is 59.1. The summed E-state index contributed by atoms with van der Waals surface area (Å²) >= 11 is 22.1. The number of anilines is 2. The molecule has 1 amide bonds. The molecule has 4 aliphatic rings. The largest absolute Gasteiger partial charge is 0.465 e. The summed E-state index contributed by atoms with van der Waals surface area (Å²) in [5.41, 5.74) is 4.22. The Morgan fingerprint density at radius 2 is 1.30 bits per heavy atom. The number of fused-ring (bicyclic) bond motifs is 2. The molecule has 10 rings (SSSR count). The lowest BCUT2D eigenvalue weighted by Crippen LogP contribution is -2.60. The number of carboxylic acid groups (broad SMARTS) is 1. The molecule has 21 nitrogen and oxygen atoms in total. The third-order valence-electron chi connectivity index (χ3n) is 15.6. The van der Waals surface area contributed by atoms with Gasteiger partial charge in [-0.25, -0.2) is 35.0 Å². The maximum absolute atomic E-state index is 14.0. The number of aliphatic hydroxyl groups excluding tert-OH is 2. The monoisotopic (exact) mass is 1260 g/mol. The van der Waals surface area contributed by atoms with E-state index in [0.29, 0.717) is 63.1 Å². The van der Waals surface area contributed by atoms with Gasteiger partial charge < -0.3 is 26.0 Å². The second kappa shape index (κ2) is 24.8. The van der Waals surface area contributed by atoms with Crippen molar-refractivity contribution in [3.8, 4) is 0 Å². The fourth-order valence-electron chi connectivity index (χ4n) is 11.9. The molecule has 8 atom stereocenters. The van der Waals surface area contributed by atoms with Gasteiger partial charge in [0.1, 0.15) is 29.8 Å². The van der Waals surface area contributed by atoms with Crippen molar-refractivity contribution in [2.24, 2.45) is 27.5 Å². The number of carbonyl (C=O) groups excluding carboxylic acids is 2. The SMILES string of the molecule is CC(C)(C)[C@]1(c2cc(C(=O)c3cncnc3N[C@@H]3C[C@H](COS(N)(=O)=O)[C@@H](O)C3)sc2Cl)c2cc(Cl)ccc2CCN1C(=O)O.NS(=O)(=O)OC[C@H]1C[C@@H](Nc2ncncc2C(=O)c2cc([C@H]3CCCc4ccc(Cl)cc43)cs2)C[C@@H]1O. The first-order valence-electron chi connectivity index (χ1n) is 26.1. The Balaban J connectivity index is 0.000000201. The van der Waals surface area contributed by atoms with Crippen LogP contribution in [0.3, 0.4) is 0 Å². The van der Waals surface area contributed by atoms with Crippen LogP contribution in [0.4, 0.5) is 16.4 Å². The van der Waals surface area contributed by atoms with E-state index in [1.807, 2.05) is 50.4 Å². The van der Waals surface area contributed by atoms with Gasteiger partial charge in [0.2, 0.25) is 11.6 Å². The summed E-state index contributed by atoms with van der Waals surface area (Å²) in [6.07, 6.45) is 7.71. The number of nitrogens with one attached hydrogen (secondary N) is 2. The van der Waals surface area contributed by atoms with E-state index in [-0.39, 0.29) is 70.6 Å². The quantitative estimate of drug-likeness (QED) is 0.0448. The highest BCUT2D eigenvalue weighted by Crippen LogP contribution is 2.56. The number of aromatic nitrogens is 4. The number of nitrogens with zero attached hydrogens (tertiary/aromatic N) is 5. The molecule has 0 saturated heterocycles. The van der Waals surface area contributed by atoms with E-state index in [4.69, 9.17) is 45.1 Å². The third-order valence-corrected chi connectivity index (χ3v) is 19.3. The minimum Gasteiger partial charge on any atom is -0.465 e. The maximum atomic E-state index is 14.0. The first-order valence-corrected chi connectivity index (χ1v) is 31.9. The summed E-state index contributed by atoms with van der Waals surface area (Å²) in [6, 6.07) is 14.5. The number of carbonyl (C=O) groups is 3. The van der Waals surface area contributed by atoms with Gasteiger partial charge in [0.05, 0.1) is 50.6 Å². The lowest BCUT2D eigenvalue weighted by Gasteiger charge is -2.54. The average Bonchev–Trinajstić information content (AvgIpc) is 2.50. The van der Waals surface area contributed by atoms with Crippen LogP contribution in [0.2, 0.25) is 14.4 Å². The number of hydrogen-bond donors (Lipinski definition) is 7. The molecule has 5 heterocycles. The number of rotatable bonds is 16. The van der Waals surface area contributed by atoms with Crippen molar-refractivity contribution >= 4 is 107 Å². The van der Waals surface area contributed by atoms with Gasteiger partial charge in [-0.05, 0) is 126 Å². The first kappa shape index (κ1) is 61.3. The van der Waals surface area contributed by atoms with Gasteiger partial charge in [-0.2, -0.15) is 16.8 Å². The zero-order valence-corrected chi connectivity index (χ0v) is 50.0. The molecule has 1 aliphatic heterocycles. The Bertz CT molecular complexity index is 3620. The second-order valence-corrected chi connectivity index (χ2v) is 27.7. The normalized spacial score (nSPS) is 23.5. The van der Waals surface area contributed by atoms with Crippen LogP contribution in [0.25, 0.3) is 0 Å². The molecule has 3 aliphatic carbocycles. The van der Waals surface area contributed by atoms with E-state index in [1.165, 1.54) is 52.4 Å². The Kier molecular flexibility index (Phi) is 18.5. The molecule has 0 bridgehead atoms. The predicted molar refractivity (Wildman–Crippen MR) is 311 cm³/mol. The number of aliphatic hydroxyl groups is 2. The highest BCUT2D eigenvalue weighted by Gasteiger charge is 2.56. The fraction of sp³-hybridized carbons (Fsp3) is 0.426. The van der Waals surface area contributed by atoms with E-state index in [1.54, 1.807) is 18.2 Å². The van der Waals surface area contributed by atoms with Gasteiger partial charge in [0, 0.05) is 64.4 Å². The van der Waals surface area contributed by atoms with Crippen molar-refractivity contribution in [3.05, 3.63) is 148 Å². The Morgan fingerprint density at radius 3 is 1.85 bits per heavy atom. The van der Waals surface area contributed by atoms with Crippen molar-refractivity contribution < 1.29 is 54.9 Å². The van der Waals surface area contributed by atoms with Crippen molar-refractivity contribution in [2.75, 3.05) is 30.4 Å². The molecule has 438 valence electrons. The summed E-state index contributed by atoms with van der Waals surface area (Å²) in [7, 11) is -8.25. The van der Waals surface area contributed by atoms with Gasteiger partial charge in [-0.3, -0.25) is 22.9 Å². The summed E-state index contributed by atoms with van der Waals surface area (Å²) < 4.78 is 54.2. The zero-order valence-electron chi connectivity index (χ0n) is 44.5. The lowest BCUT2D eigenvalue weighted by atomic mass is 9.62. The van der Waals surface area contributed by atoms with Crippen molar-refractivity contribution in [2.45, 2.75) is 108 Å². The predicted octanol–water partition coefficient (Wildman–Crippen LogP) is 8.34. The second-order valence-electron chi connectivity index (χ2n) is 21.8. The molecular weight excluding hydrogens is 1200 g/mol. The molecule has 0 radical (unpaired) electrons. The number of amides is 1. The minimum atomic E-state index is -4.16. The van der Waals surface area contributed by atoms with Crippen LogP contribution in [-0.4, -0.2) is 119 Å². The number of halogens is 3. The molecule has 9 N–H and O–H groups in total. The summed E-state index contributed by atoms with van der Waals surface area (Å²) in [6.45, 7) is 5.52. The first-order chi connectivity index (χ1) is 38.7. The highest BCUT2D eigenvalue weighted by molar-refractivity contribution is 7.84. The van der Waals surface area contributed by atoms with Crippen LogP contribution in [0.1, 0.15) is 129 Å². The van der Waals surface area contributed by atoms with Crippen molar-refractivity contribution in [1.29, 1.82) is 0 Å². The number of hydrogen-bond acceptors (Lipinski definition) is 19. The van der Waals surface area contributed by atoms with Crippen LogP contribution in [0.5, 0.6) is 0 Å². The maximum Gasteiger partial charge on any atom is 0.408 e.